The maximum Gasteiger partial charge on any atom is 0.163 e. The number of unbranched alkanes of at least 4 members (excludes halogenated alkanes) is 2. The fourth-order valence-electron chi connectivity index (χ4n) is 1.51. The topological polar surface area (TPSA) is 43.6 Å². The zero-order valence-electron chi connectivity index (χ0n) is 8.35. The van der Waals surface area contributed by atoms with Gasteiger partial charge in [-0.25, -0.2) is 15.0 Å². The molecule has 4 heteroatoms. The first-order valence-corrected chi connectivity index (χ1v) is 5.02. The Morgan fingerprint density at radius 2 is 2.21 bits per heavy atom. The van der Waals surface area contributed by atoms with Crippen molar-refractivity contribution in [1.82, 2.24) is 19.5 Å². The third-order valence-corrected chi connectivity index (χ3v) is 2.28. The van der Waals surface area contributed by atoms with Crippen LogP contribution in [0.15, 0.2) is 18.9 Å². The van der Waals surface area contributed by atoms with Gasteiger partial charge < -0.3 is 4.57 Å². The summed E-state index contributed by atoms with van der Waals surface area (Å²) >= 11 is 0. The average molecular weight is 190 g/mol. The molecule has 0 aliphatic rings. The van der Waals surface area contributed by atoms with Crippen molar-refractivity contribution >= 4 is 11.2 Å². The highest BCUT2D eigenvalue weighted by Gasteiger charge is 2.01. The molecule has 0 unspecified atom stereocenters. The van der Waals surface area contributed by atoms with E-state index in [-0.39, 0.29) is 0 Å². The third kappa shape index (κ3) is 1.73. The molecular weight excluding hydrogens is 176 g/mol. The summed E-state index contributed by atoms with van der Waals surface area (Å²) in [5.41, 5.74) is 1.82. The number of hydrogen-bond donors (Lipinski definition) is 0. The third-order valence-electron chi connectivity index (χ3n) is 2.28. The Morgan fingerprint density at radius 3 is 3.07 bits per heavy atom. The summed E-state index contributed by atoms with van der Waals surface area (Å²) in [7, 11) is 0. The highest BCUT2D eigenvalue weighted by molar-refractivity contribution is 5.68. The Bertz CT molecular complexity index is 407. The fourth-order valence-corrected chi connectivity index (χ4v) is 1.51. The summed E-state index contributed by atoms with van der Waals surface area (Å²) < 4.78 is 2.09. The predicted molar refractivity (Wildman–Crippen MR) is 54.8 cm³/mol. The van der Waals surface area contributed by atoms with Crippen molar-refractivity contribution in [2.24, 2.45) is 0 Å². The maximum atomic E-state index is 4.24. The van der Waals surface area contributed by atoms with Gasteiger partial charge in [0.2, 0.25) is 0 Å². The Hall–Kier alpha value is -1.45. The largest absolute Gasteiger partial charge is 0.315 e. The maximum absolute atomic E-state index is 4.24. The minimum Gasteiger partial charge on any atom is -0.315 e. The molecule has 0 saturated carbocycles. The molecule has 0 amide bonds. The van der Waals surface area contributed by atoms with E-state index in [2.05, 4.69) is 26.4 Å². The second kappa shape index (κ2) is 4.17. The number of rotatable bonds is 4. The van der Waals surface area contributed by atoms with Crippen molar-refractivity contribution in [2.75, 3.05) is 0 Å². The van der Waals surface area contributed by atoms with Crippen LogP contribution in [0.5, 0.6) is 0 Å². The number of aryl methyl sites for hydroxylation is 1. The number of aromatic nitrogens is 4. The summed E-state index contributed by atoms with van der Waals surface area (Å²) in [5, 5.41) is 0. The van der Waals surface area contributed by atoms with Crippen LogP contribution < -0.4 is 0 Å². The van der Waals surface area contributed by atoms with E-state index in [1.54, 1.807) is 12.5 Å². The highest BCUT2D eigenvalue weighted by Crippen LogP contribution is 2.08. The van der Waals surface area contributed by atoms with Crippen molar-refractivity contribution in [3.8, 4) is 0 Å². The molecular formula is C10H14N4. The SMILES string of the molecule is CCCCCn1cnc2cncnc21. The van der Waals surface area contributed by atoms with Crippen LogP contribution in [0.3, 0.4) is 0 Å². The number of hydrogen-bond acceptors (Lipinski definition) is 3. The first-order chi connectivity index (χ1) is 6.92. The Labute approximate surface area is 83.0 Å². The predicted octanol–water partition coefficient (Wildman–Crippen LogP) is 2.02. The summed E-state index contributed by atoms with van der Waals surface area (Å²) in [5.74, 6) is 0. The van der Waals surface area contributed by atoms with Gasteiger partial charge in [0, 0.05) is 6.54 Å². The van der Waals surface area contributed by atoms with Crippen molar-refractivity contribution in [3.63, 3.8) is 0 Å². The van der Waals surface area contributed by atoms with Gasteiger partial charge in [-0.2, -0.15) is 0 Å². The smallest absolute Gasteiger partial charge is 0.163 e. The van der Waals surface area contributed by atoms with E-state index >= 15 is 0 Å². The molecule has 0 spiro atoms. The van der Waals surface area contributed by atoms with E-state index in [9.17, 15) is 0 Å². The van der Waals surface area contributed by atoms with E-state index < -0.39 is 0 Å². The molecule has 14 heavy (non-hydrogen) atoms. The van der Waals surface area contributed by atoms with Crippen LogP contribution >= 0.6 is 0 Å². The molecule has 74 valence electrons. The molecule has 0 radical (unpaired) electrons. The Morgan fingerprint density at radius 1 is 1.29 bits per heavy atom. The Balaban J connectivity index is 2.17. The molecule has 2 aromatic rings. The lowest BCUT2D eigenvalue weighted by molar-refractivity contribution is 0.610. The zero-order chi connectivity index (χ0) is 9.80. The van der Waals surface area contributed by atoms with E-state index in [0.29, 0.717) is 0 Å². The average Bonchev–Trinajstić information content (AvgIpc) is 2.63. The molecule has 0 saturated heterocycles. The summed E-state index contributed by atoms with van der Waals surface area (Å²) in [6.07, 6.45) is 8.84. The van der Waals surface area contributed by atoms with Crippen LogP contribution in [0.4, 0.5) is 0 Å². The normalized spacial score (nSPS) is 10.9. The molecule has 0 aromatic carbocycles. The summed E-state index contributed by atoms with van der Waals surface area (Å²) in [4.78, 5) is 12.4. The van der Waals surface area contributed by atoms with Gasteiger partial charge >= 0.3 is 0 Å². The molecule has 4 nitrogen and oxygen atoms in total. The van der Waals surface area contributed by atoms with E-state index in [1.807, 2.05) is 6.33 Å². The molecule has 2 heterocycles. The van der Waals surface area contributed by atoms with Gasteiger partial charge in [-0.15, -0.1) is 0 Å². The van der Waals surface area contributed by atoms with Crippen molar-refractivity contribution < 1.29 is 0 Å². The zero-order valence-corrected chi connectivity index (χ0v) is 8.35. The van der Waals surface area contributed by atoms with Gasteiger partial charge in [0.15, 0.2) is 5.65 Å². The lowest BCUT2D eigenvalue weighted by atomic mass is 10.2. The van der Waals surface area contributed by atoms with Gasteiger partial charge in [-0.1, -0.05) is 19.8 Å². The van der Waals surface area contributed by atoms with Gasteiger partial charge in [0.05, 0.1) is 12.5 Å². The molecule has 0 bridgehead atoms. The minimum atomic E-state index is 0.879. The second-order valence-corrected chi connectivity index (χ2v) is 3.38. The van der Waals surface area contributed by atoms with Crippen LogP contribution in [0.25, 0.3) is 11.2 Å². The van der Waals surface area contributed by atoms with Crippen molar-refractivity contribution in [3.05, 3.63) is 18.9 Å². The monoisotopic (exact) mass is 190 g/mol. The van der Waals surface area contributed by atoms with Crippen molar-refractivity contribution in [2.45, 2.75) is 32.7 Å². The summed E-state index contributed by atoms with van der Waals surface area (Å²) in [6, 6.07) is 0. The number of nitrogens with zero attached hydrogens (tertiary/aromatic N) is 4. The number of fused-ring (bicyclic) bond motifs is 1. The van der Waals surface area contributed by atoms with E-state index in [0.717, 1.165) is 17.7 Å². The van der Waals surface area contributed by atoms with E-state index in [4.69, 9.17) is 0 Å². The fraction of sp³-hybridized carbons (Fsp3) is 0.500. The van der Waals surface area contributed by atoms with Crippen LogP contribution in [0.2, 0.25) is 0 Å². The minimum absolute atomic E-state index is 0.879. The van der Waals surface area contributed by atoms with Gasteiger partial charge in [0.25, 0.3) is 0 Å². The highest BCUT2D eigenvalue weighted by atomic mass is 15.1. The van der Waals surface area contributed by atoms with Crippen LogP contribution in [0, 0.1) is 0 Å². The van der Waals surface area contributed by atoms with Gasteiger partial charge in [-0.3, -0.25) is 0 Å². The van der Waals surface area contributed by atoms with Crippen LogP contribution in [-0.2, 0) is 6.54 Å². The molecule has 0 aliphatic carbocycles. The molecule has 0 N–H and O–H groups in total. The lowest BCUT2D eigenvalue weighted by Crippen LogP contribution is -1.97. The van der Waals surface area contributed by atoms with Gasteiger partial charge in [-0.05, 0) is 6.42 Å². The quantitative estimate of drug-likeness (QED) is 0.693. The van der Waals surface area contributed by atoms with Crippen LogP contribution in [-0.4, -0.2) is 19.5 Å². The first-order valence-electron chi connectivity index (χ1n) is 5.02. The van der Waals surface area contributed by atoms with Crippen molar-refractivity contribution in [1.29, 1.82) is 0 Å². The standard InChI is InChI=1S/C10H14N4/c1-2-3-4-5-14-8-13-9-6-11-7-12-10(9)14/h6-8H,2-5H2,1H3. The van der Waals surface area contributed by atoms with E-state index in [1.165, 1.54) is 19.3 Å². The molecule has 0 fully saturated rings. The Kier molecular flexibility index (Phi) is 2.72. The van der Waals surface area contributed by atoms with Crippen LogP contribution in [0.1, 0.15) is 26.2 Å². The van der Waals surface area contributed by atoms with Gasteiger partial charge in [0.1, 0.15) is 11.8 Å². The lowest BCUT2D eigenvalue weighted by Gasteiger charge is -2.01. The number of imidazole rings is 1. The second-order valence-electron chi connectivity index (χ2n) is 3.38. The first kappa shape index (κ1) is 9.12. The molecule has 0 atom stereocenters. The molecule has 2 aromatic heterocycles. The summed E-state index contributed by atoms with van der Waals surface area (Å²) in [6.45, 7) is 3.20. The molecule has 0 aliphatic heterocycles. The molecule has 2 rings (SSSR count).